The van der Waals surface area contributed by atoms with E-state index in [0.717, 1.165) is 0 Å². The molecule has 0 N–H and O–H groups in total. The molecule has 0 saturated carbocycles. The standard InChI is InChI=1S/C25H20ClN3O5S/c1-13(2)32-15-8-9-20(18(26)10-15)33-25-27-12-22(35-25)19-11-21(34-28-19)14(3)29-23(30)16-6-4-5-7-17(16)24(29)31/h4-14H,1-3H3. The predicted molar refractivity (Wildman–Crippen MR) is 130 cm³/mol. The summed E-state index contributed by atoms with van der Waals surface area (Å²) in [6.07, 6.45) is 1.64. The van der Waals surface area contributed by atoms with Gasteiger partial charge in [-0.15, -0.1) is 0 Å². The fourth-order valence-electron chi connectivity index (χ4n) is 3.72. The summed E-state index contributed by atoms with van der Waals surface area (Å²) in [5, 5.41) is 4.88. The number of hydrogen-bond acceptors (Lipinski definition) is 8. The Kier molecular flexibility index (Phi) is 6.04. The third-order valence-corrected chi connectivity index (χ3v) is 6.56. The second kappa shape index (κ2) is 9.16. The molecule has 0 fully saturated rings. The molecule has 4 aromatic rings. The largest absolute Gasteiger partial charge is 0.491 e. The maximum atomic E-state index is 12.8. The van der Waals surface area contributed by atoms with Crippen molar-refractivity contribution in [2.75, 3.05) is 0 Å². The average molecular weight is 510 g/mol. The maximum absolute atomic E-state index is 12.8. The number of nitrogens with zero attached hydrogens (tertiary/aromatic N) is 3. The van der Waals surface area contributed by atoms with Gasteiger partial charge in [0.05, 0.1) is 39.4 Å². The van der Waals surface area contributed by atoms with Crippen molar-refractivity contribution in [1.82, 2.24) is 15.0 Å². The van der Waals surface area contributed by atoms with Crippen molar-refractivity contribution in [1.29, 1.82) is 0 Å². The number of benzene rings is 2. The summed E-state index contributed by atoms with van der Waals surface area (Å²) >= 11 is 7.59. The van der Waals surface area contributed by atoms with Gasteiger partial charge in [-0.05, 0) is 45.0 Å². The highest BCUT2D eigenvalue weighted by atomic mass is 35.5. The molecule has 2 aromatic carbocycles. The van der Waals surface area contributed by atoms with Crippen molar-refractivity contribution in [3.8, 4) is 27.3 Å². The molecule has 1 unspecified atom stereocenters. The molecule has 3 heterocycles. The van der Waals surface area contributed by atoms with Gasteiger partial charge in [-0.1, -0.05) is 40.2 Å². The van der Waals surface area contributed by atoms with Crippen molar-refractivity contribution in [3.05, 3.63) is 76.6 Å². The molecule has 0 spiro atoms. The lowest BCUT2D eigenvalue weighted by Crippen LogP contribution is -2.32. The second-order valence-electron chi connectivity index (χ2n) is 8.17. The van der Waals surface area contributed by atoms with Crippen LogP contribution >= 0.6 is 22.9 Å². The summed E-state index contributed by atoms with van der Waals surface area (Å²) in [5.41, 5.74) is 1.29. The van der Waals surface area contributed by atoms with E-state index < -0.39 is 6.04 Å². The molecule has 1 aliphatic heterocycles. The van der Waals surface area contributed by atoms with Gasteiger partial charge < -0.3 is 14.0 Å². The number of rotatable bonds is 7. The number of aromatic nitrogens is 2. The predicted octanol–water partition coefficient (Wildman–Crippen LogP) is 6.39. The van der Waals surface area contributed by atoms with Crippen molar-refractivity contribution in [2.24, 2.45) is 0 Å². The van der Waals surface area contributed by atoms with E-state index in [9.17, 15) is 9.59 Å². The molecule has 2 amide bonds. The minimum Gasteiger partial charge on any atom is -0.491 e. The molecule has 2 aromatic heterocycles. The minimum atomic E-state index is -0.627. The van der Waals surface area contributed by atoms with Crippen LogP contribution in [-0.2, 0) is 0 Å². The monoisotopic (exact) mass is 509 g/mol. The Hall–Kier alpha value is -3.69. The summed E-state index contributed by atoms with van der Waals surface area (Å²) in [6, 6.07) is 13.0. The highest BCUT2D eigenvalue weighted by molar-refractivity contribution is 7.16. The van der Waals surface area contributed by atoms with E-state index in [-0.39, 0.29) is 17.9 Å². The summed E-state index contributed by atoms with van der Waals surface area (Å²) < 4.78 is 17.0. The number of carbonyl (C=O) groups is 2. The minimum absolute atomic E-state index is 0.0338. The highest BCUT2D eigenvalue weighted by Gasteiger charge is 2.40. The van der Waals surface area contributed by atoms with Gasteiger partial charge in [-0.25, -0.2) is 4.98 Å². The van der Waals surface area contributed by atoms with Crippen molar-refractivity contribution in [3.63, 3.8) is 0 Å². The number of halogens is 1. The number of fused-ring (bicyclic) bond motifs is 1. The summed E-state index contributed by atoms with van der Waals surface area (Å²) in [6.45, 7) is 5.60. The first-order chi connectivity index (χ1) is 16.8. The van der Waals surface area contributed by atoms with Gasteiger partial charge in [0, 0.05) is 12.1 Å². The molecule has 10 heteroatoms. The van der Waals surface area contributed by atoms with E-state index >= 15 is 0 Å². The lowest BCUT2D eigenvalue weighted by atomic mass is 10.1. The quantitative estimate of drug-likeness (QED) is 0.266. The molecule has 178 valence electrons. The zero-order valence-corrected chi connectivity index (χ0v) is 20.6. The number of ether oxygens (including phenoxy) is 2. The van der Waals surface area contributed by atoms with Crippen LogP contribution in [0.3, 0.4) is 0 Å². The summed E-state index contributed by atoms with van der Waals surface area (Å²) in [5.74, 6) is 0.773. The first-order valence-electron chi connectivity index (χ1n) is 10.9. The van der Waals surface area contributed by atoms with Gasteiger partial charge in [0.1, 0.15) is 17.2 Å². The van der Waals surface area contributed by atoms with Crippen molar-refractivity contribution in [2.45, 2.75) is 32.9 Å². The Labute approximate surface area is 210 Å². The van der Waals surface area contributed by atoms with E-state index in [1.807, 2.05) is 13.8 Å². The zero-order chi connectivity index (χ0) is 24.7. The average Bonchev–Trinajstić information content (AvgIpc) is 3.55. The second-order valence-corrected chi connectivity index (χ2v) is 9.57. The van der Waals surface area contributed by atoms with Crippen LogP contribution in [0.1, 0.15) is 53.3 Å². The Morgan fingerprint density at radius 2 is 1.74 bits per heavy atom. The topological polar surface area (TPSA) is 94.8 Å². The van der Waals surface area contributed by atoms with Gasteiger partial charge in [0.2, 0.25) is 0 Å². The molecular formula is C25H20ClN3O5S. The van der Waals surface area contributed by atoms with Crippen LogP contribution in [0.25, 0.3) is 10.6 Å². The number of carbonyl (C=O) groups excluding carboxylic acids is 2. The third kappa shape index (κ3) is 4.40. The molecule has 35 heavy (non-hydrogen) atoms. The molecule has 5 rings (SSSR count). The molecule has 0 radical (unpaired) electrons. The van der Waals surface area contributed by atoms with E-state index in [4.69, 9.17) is 25.6 Å². The highest BCUT2D eigenvalue weighted by Crippen LogP contribution is 2.38. The van der Waals surface area contributed by atoms with Gasteiger partial charge in [0.25, 0.3) is 17.0 Å². The van der Waals surface area contributed by atoms with Crippen LogP contribution in [0.5, 0.6) is 16.7 Å². The molecular weight excluding hydrogens is 490 g/mol. The lowest BCUT2D eigenvalue weighted by Gasteiger charge is -2.19. The first kappa shape index (κ1) is 23.1. The third-order valence-electron chi connectivity index (χ3n) is 5.36. The van der Waals surface area contributed by atoms with Gasteiger partial charge in [0.15, 0.2) is 5.76 Å². The van der Waals surface area contributed by atoms with E-state index in [2.05, 4.69) is 10.1 Å². The van der Waals surface area contributed by atoms with Crippen molar-refractivity contribution >= 4 is 34.8 Å². The Bertz CT molecular complexity index is 1390. The number of imide groups is 1. The van der Waals surface area contributed by atoms with E-state index in [1.165, 1.54) is 16.2 Å². The van der Waals surface area contributed by atoms with Gasteiger partial charge >= 0.3 is 0 Å². The zero-order valence-electron chi connectivity index (χ0n) is 19.0. The van der Waals surface area contributed by atoms with E-state index in [0.29, 0.717) is 49.2 Å². The van der Waals surface area contributed by atoms with Gasteiger partial charge in [-0.2, -0.15) is 0 Å². The molecule has 8 nitrogen and oxygen atoms in total. The van der Waals surface area contributed by atoms with Gasteiger partial charge in [-0.3, -0.25) is 14.5 Å². The van der Waals surface area contributed by atoms with Crippen LogP contribution in [0.15, 0.2) is 59.3 Å². The fourth-order valence-corrected chi connectivity index (χ4v) is 4.66. The Morgan fingerprint density at radius 3 is 2.40 bits per heavy atom. The molecule has 1 atom stereocenters. The Morgan fingerprint density at radius 1 is 1.03 bits per heavy atom. The van der Waals surface area contributed by atoms with E-state index in [1.54, 1.807) is 61.7 Å². The van der Waals surface area contributed by atoms with Crippen LogP contribution in [0.4, 0.5) is 0 Å². The Balaban J connectivity index is 1.31. The summed E-state index contributed by atoms with van der Waals surface area (Å²) in [7, 11) is 0. The SMILES string of the molecule is CC(C)Oc1ccc(Oc2ncc(-c3cc(C(C)N4C(=O)c5ccccc5C4=O)on3)s2)c(Cl)c1. The molecule has 0 aliphatic carbocycles. The lowest BCUT2D eigenvalue weighted by molar-refractivity contribution is 0.0573. The van der Waals surface area contributed by atoms with Crippen molar-refractivity contribution < 1.29 is 23.6 Å². The maximum Gasteiger partial charge on any atom is 0.279 e. The molecule has 0 bridgehead atoms. The van der Waals surface area contributed by atoms with Crippen LogP contribution in [-0.4, -0.2) is 33.0 Å². The first-order valence-corrected chi connectivity index (χ1v) is 12.0. The number of thiazole rings is 1. The number of hydrogen-bond donors (Lipinski definition) is 0. The smallest absolute Gasteiger partial charge is 0.279 e. The summed E-state index contributed by atoms with van der Waals surface area (Å²) in [4.78, 5) is 31.7. The van der Waals surface area contributed by atoms with Crippen LogP contribution < -0.4 is 9.47 Å². The normalized spacial score (nSPS) is 13.9. The van der Waals surface area contributed by atoms with Crippen LogP contribution in [0, 0.1) is 0 Å². The molecule has 1 aliphatic rings. The fraction of sp³-hybridized carbons (Fsp3) is 0.200. The van der Waals surface area contributed by atoms with Crippen LogP contribution in [0.2, 0.25) is 5.02 Å². The molecule has 0 saturated heterocycles. The number of amides is 2.